The molecule has 0 bridgehead atoms. The number of hydrogen-bond acceptors (Lipinski definition) is 8. The molecule has 0 spiro atoms. The van der Waals surface area contributed by atoms with Gasteiger partial charge in [0.15, 0.2) is 16.9 Å². The molecule has 35 heavy (non-hydrogen) atoms. The third-order valence-corrected chi connectivity index (χ3v) is 6.72. The number of aromatic nitrogens is 3. The van der Waals surface area contributed by atoms with E-state index in [1.807, 2.05) is 45.0 Å². The number of benzene rings is 1. The smallest absolute Gasteiger partial charge is 0.356 e. The van der Waals surface area contributed by atoms with Gasteiger partial charge in [-0.15, -0.1) is 0 Å². The molecule has 0 fully saturated rings. The van der Waals surface area contributed by atoms with E-state index in [0.29, 0.717) is 33.7 Å². The highest BCUT2D eigenvalue weighted by Crippen LogP contribution is 2.33. The first-order valence-corrected chi connectivity index (χ1v) is 11.8. The molecule has 9 heteroatoms. The molecular formula is C26H22N4O4S. The number of anilines is 1. The fourth-order valence-electron chi connectivity index (χ4n) is 4.19. The standard InChI is InChI=1S/C26H22N4O4S/c1-12-10-16(14(3)28-18-6-5-9-27-21(18)26(32)33)24-17(11-12)22(31)13(2)23(34-24)19-7-8-20-25(30-19)35-15(4)29-20/h5-11,14,28H,1-4H3,(H,32,33)/t14-/m1/s1. The topological polar surface area (TPSA) is 118 Å². The summed E-state index contributed by atoms with van der Waals surface area (Å²) in [6.07, 6.45) is 1.43. The van der Waals surface area contributed by atoms with Crippen molar-refractivity contribution in [1.82, 2.24) is 15.0 Å². The minimum absolute atomic E-state index is 0.0772. The maximum absolute atomic E-state index is 13.4. The van der Waals surface area contributed by atoms with Crippen LogP contribution < -0.4 is 10.7 Å². The molecule has 0 unspecified atom stereocenters. The Morgan fingerprint density at radius 2 is 1.94 bits per heavy atom. The lowest BCUT2D eigenvalue weighted by Crippen LogP contribution is -2.14. The van der Waals surface area contributed by atoms with Crippen LogP contribution in [0.3, 0.4) is 0 Å². The van der Waals surface area contributed by atoms with Crippen LogP contribution in [0.5, 0.6) is 0 Å². The van der Waals surface area contributed by atoms with E-state index in [-0.39, 0.29) is 17.2 Å². The first kappa shape index (κ1) is 22.7. The second-order valence-electron chi connectivity index (χ2n) is 8.44. The average molecular weight is 487 g/mol. The minimum Gasteiger partial charge on any atom is -0.476 e. The fourth-order valence-corrected chi connectivity index (χ4v) is 4.97. The highest BCUT2D eigenvalue weighted by molar-refractivity contribution is 7.18. The highest BCUT2D eigenvalue weighted by Gasteiger charge is 2.21. The molecule has 0 aliphatic carbocycles. The molecule has 176 valence electrons. The molecule has 1 atom stereocenters. The molecule has 0 amide bonds. The third-order valence-electron chi connectivity index (χ3n) is 5.84. The molecule has 0 radical (unpaired) electrons. The zero-order valence-electron chi connectivity index (χ0n) is 19.5. The van der Waals surface area contributed by atoms with Crippen molar-refractivity contribution in [1.29, 1.82) is 0 Å². The second kappa shape index (κ2) is 8.59. The Hall–Kier alpha value is -4.11. The minimum atomic E-state index is -1.13. The summed E-state index contributed by atoms with van der Waals surface area (Å²) in [5, 5.41) is 14.1. The van der Waals surface area contributed by atoms with Crippen molar-refractivity contribution in [2.75, 3.05) is 5.32 Å². The average Bonchev–Trinajstić information content (AvgIpc) is 3.20. The lowest BCUT2D eigenvalue weighted by Gasteiger charge is -2.19. The number of carboxylic acid groups (broad SMARTS) is 1. The van der Waals surface area contributed by atoms with Crippen LogP contribution in [0.1, 0.15) is 45.2 Å². The molecule has 4 heterocycles. The van der Waals surface area contributed by atoms with E-state index < -0.39 is 5.97 Å². The van der Waals surface area contributed by atoms with Gasteiger partial charge >= 0.3 is 5.97 Å². The number of aryl methyl sites for hydroxylation is 2. The van der Waals surface area contributed by atoms with Gasteiger partial charge in [0.2, 0.25) is 0 Å². The maximum Gasteiger partial charge on any atom is 0.356 e. The first-order chi connectivity index (χ1) is 16.7. The largest absolute Gasteiger partial charge is 0.476 e. The van der Waals surface area contributed by atoms with Crippen molar-refractivity contribution in [2.45, 2.75) is 33.7 Å². The van der Waals surface area contributed by atoms with E-state index in [4.69, 9.17) is 9.40 Å². The second-order valence-corrected chi connectivity index (χ2v) is 9.62. The number of pyridine rings is 2. The quantitative estimate of drug-likeness (QED) is 0.327. The van der Waals surface area contributed by atoms with Gasteiger partial charge in [0.05, 0.1) is 22.1 Å². The van der Waals surface area contributed by atoms with Crippen LogP contribution in [-0.4, -0.2) is 26.0 Å². The van der Waals surface area contributed by atoms with Crippen LogP contribution >= 0.6 is 11.3 Å². The molecule has 0 aliphatic heterocycles. The van der Waals surface area contributed by atoms with Crippen LogP contribution in [-0.2, 0) is 0 Å². The molecule has 2 N–H and O–H groups in total. The normalized spacial score (nSPS) is 12.2. The molecule has 0 saturated heterocycles. The SMILES string of the molecule is Cc1cc([C@@H](C)Nc2cccnc2C(=O)O)c2oc(-c3ccc4nc(C)sc4n3)c(C)c(=O)c2c1. The molecule has 4 aromatic heterocycles. The van der Waals surface area contributed by atoms with E-state index in [9.17, 15) is 14.7 Å². The third kappa shape index (κ3) is 4.04. The van der Waals surface area contributed by atoms with E-state index in [0.717, 1.165) is 26.5 Å². The first-order valence-electron chi connectivity index (χ1n) is 11.0. The van der Waals surface area contributed by atoms with E-state index >= 15 is 0 Å². The van der Waals surface area contributed by atoms with Crippen molar-refractivity contribution in [3.05, 3.63) is 80.2 Å². The van der Waals surface area contributed by atoms with Crippen molar-refractivity contribution < 1.29 is 14.3 Å². The van der Waals surface area contributed by atoms with Crippen LogP contribution in [0.4, 0.5) is 5.69 Å². The van der Waals surface area contributed by atoms with E-state index in [1.54, 1.807) is 19.1 Å². The molecule has 1 aromatic carbocycles. The lowest BCUT2D eigenvalue weighted by molar-refractivity contribution is 0.0691. The monoisotopic (exact) mass is 486 g/mol. The summed E-state index contributed by atoms with van der Waals surface area (Å²) < 4.78 is 6.39. The molecule has 0 saturated carbocycles. The van der Waals surface area contributed by atoms with E-state index in [2.05, 4.69) is 15.3 Å². The number of aromatic carboxylic acids is 1. The predicted octanol–water partition coefficient (Wildman–Crippen LogP) is 5.66. The number of rotatable bonds is 5. The number of nitrogens with one attached hydrogen (secondary N) is 1. The van der Waals surface area contributed by atoms with E-state index in [1.165, 1.54) is 17.5 Å². The molecule has 5 rings (SSSR count). The van der Waals surface area contributed by atoms with Gasteiger partial charge in [0.1, 0.15) is 21.6 Å². The number of fused-ring (bicyclic) bond motifs is 2. The summed E-state index contributed by atoms with van der Waals surface area (Å²) in [7, 11) is 0. The fraction of sp³-hybridized carbons (Fsp3) is 0.192. The number of carboxylic acids is 1. The summed E-state index contributed by atoms with van der Waals surface area (Å²) in [6, 6.07) is 10.4. The van der Waals surface area contributed by atoms with Crippen molar-refractivity contribution in [3.8, 4) is 11.5 Å². The highest BCUT2D eigenvalue weighted by atomic mass is 32.1. The van der Waals surface area contributed by atoms with Gasteiger partial charge in [-0.25, -0.2) is 19.7 Å². The molecule has 8 nitrogen and oxygen atoms in total. The summed E-state index contributed by atoms with van der Waals surface area (Å²) in [6.45, 7) is 7.46. The van der Waals surface area contributed by atoms with Crippen molar-refractivity contribution in [2.24, 2.45) is 0 Å². The zero-order chi connectivity index (χ0) is 24.9. The Morgan fingerprint density at radius 1 is 1.14 bits per heavy atom. The predicted molar refractivity (Wildman–Crippen MR) is 136 cm³/mol. The van der Waals surface area contributed by atoms with Crippen LogP contribution in [0.25, 0.3) is 32.8 Å². The van der Waals surface area contributed by atoms with Gasteiger partial charge in [-0.3, -0.25) is 4.79 Å². The van der Waals surface area contributed by atoms with Crippen LogP contribution in [0.2, 0.25) is 0 Å². The summed E-state index contributed by atoms with van der Waals surface area (Å²) in [5.41, 5.74) is 4.07. The molecular weight excluding hydrogens is 464 g/mol. The Labute approximate surface area is 204 Å². The van der Waals surface area contributed by atoms with Crippen LogP contribution in [0.15, 0.2) is 51.8 Å². The Kier molecular flexibility index (Phi) is 5.56. The van der Waals surface area contributed by atoms with Gasteiger partial charge in [-0.05, 0) is 63.6 Å². The maximum atomic E-state index is 13.4. The Morgan fingerprint density at radius 3 is 2.71 bits per heavy atom. The number of carbonyl (C=O) groups is 1. The van der Waals surface area contributed by atoms with Gasteiger partial charge in [0.25, 0.3) is 0 Å². The summed E-state index contributed by atoms with van der Waals surface area (Å²) in [5.74, 6) is -0.723. The van der Waals surface area contributed by atoms with Crippen molar-refractivity contribution in [3.63, 3.8) is 0 Å². The number of nitrogens with zero attached hydrogens (tertiary/aromatic N) is 3. The molecule has 0 aliphatic rings. The molecule has 5 aromatic rings. The van der Waals surface area contributed by atoms with Gasteiger partial charge in [-0.2, -0.15) is 0 Å². The number of thiazole rings is 1. The van der Waals surface area contributed by atoms with Crippen LogP contribution in [0, 0.1) is 20.8 Å². The van der Waals surface area contributed by atoms with Gasteiger partial charge in [-0.1, -0.05) is 17.4 Å². The Bertz CT molecular complexity index is 1690. The van der Waals surface area contributed by atoms with Crippen molar-refractivity contribution >= 4 is 44.3 Å². The van der Waals surface area contributed by atoms with Gasteiger partial charge < -0.3 is 14.8 Å². The lowest BCUT2D eigenvalue weighted by atomic mass is 9.99. The zero-order valence-corrected chi connectivity index (χ0v) is 20.4. The van der Waals surface area contributed by atoms with Gasteiger partial charge in [0, 0.05) is 17.3 Å². The summed E-state index contributed by atoms with van der Waals surface area (Å²) >= 11 is 1.48. The Balaban J connectivity index is 1.68. The summed E-state index contributed by atoms with van der Waals surface area (Å²) in [4.78, 5) is 38.9. The number of hydrogen-bond donors (Lipinski definition) is 2.